The van der Waals surface area contributed by atoms with Crippen molar-refractivity contribution >= 4 is 67.8 Å². The number of furan rings is 1. The van der Waals surface area contributed by atoms with Gasteiger partial charge >= 0.3 is 0 Å². The van der Waals surface area contributed by atoms with Crippen LogP contribution in [0.4, 0.5) is 17.1 Å². The highest BCUT2D eigenvalue weighted by atomic mass is 28.3. The molecular formula is C63H47NOSi. The van der Waals surface area contributed by atoms with E-state index in [9.17, 15) is 0 Å². The summed E-state index contributed by atoms with van der Waals surface area (Å²) in [6, 6.07) is 91.6. The minimum absolute atomic E-state index is 0.0587. The Morgan fingerprint density at radius 2 is 0.758 bits per heavy atom. The van der Waals surface area contributed by atoms with Gasteiger partial charge in [-0.2, -0.15) is 0 Å². The van der Waals surface area contributed by atoms with Crippen molar-refractivity contribution in [3.05, 3.63) is 260 Å². The van der Waals surface area contributed by atoms with Gasteiger partial charge in [0.15, 0.2) is 8.07 Å². The summed E-state index contributed by atoms with van der Waals surface area (Å²) in [5.74, 6) is 0. The van der Waals surface area contributed by atoms with E-state index in [2.05, 4.69) is 255 Å². The van der Waals surface area contributed by atoms with Crippen LogP contribution in [0, 0.1) is 0 Å². The van der Waals surface area contributed by atoms with Gasteiger partial charge in [0.2, 0.25) is 0 Å². The fraction of sp³-hybridized carbons (Fsp3) is 0.0476. The summed E-state index contributed by atoms with van der Waals surface area (Å²) in [5, 5.41) is 7.69. The molecule has 0 atom stereocenters. The fourth-order valence-electron chi connectivity index (χ4n) is 10.8. The zero-order valence-electron chi connectivity index (χ0n) is 37.0. The fourth-order valence-corrected chi connectivity index (χ4v) is 15.5. The highest BCUT2D eigenvalue weighted by Crippen LogP contribution is 2.49. The summed E-state index contributed by atoms with van der Waals surface area (Å²) in [6.07, 6.45) is 0. The molecule has 0 aliphatic heterocycles. The van der Waals surface area contributed by atoms with E-state index in [1.54, 1.807) is 0 Å². The van der Waals surface area contributed by atoms with E-state index in [-0.39, 0.29) is 5.41 Å². The third kappa shape index (κ3) is 6.46. The van der Waals surface area contributed by atoms with Crippen LogP contribution in [0.5, 0.6) is 0 Å². The predicted octanol–water partition coefficient (Wildman–Crippen LogP) is 14.1. The highest BCUT2D eigenvalue weighted by molar-refractivity contribution is 7.19. The molecule has 1 heterocycles. The molecule has 0 amide bonds. The van der Waals surface area contributed by atoms with Crippen molar-refractivity contribution in [2.45, 2.75) is 19.3 Å². The number of benzene rings is 10. The highest BCUT2D eigenvalue weighted by Gasteiger charge is 2.41. The molecule has 66 heavy (non-hydrogen) atoms. The second-order valence-electron chi connectivity index (χ2n) is 18.1. The number of nitrogens with zero attached hydrogens (tertiary/aromatic N) is 1. The van der Waals surface area contributed by atoms with Crippen molar-refractivity contribution < 1.29 is 4.42 Å². The largest absolute Gasteiger partial charge is 0.456 e. The summed E-state index contributed by atoms with van der Waals surface area (Å²) < 4.78 is 6.29. The van der Waals surface area contributed by atoms with Crippen molar-refractivity contribution in [1.82, 2.24) is 0 Å². The van der Waals surface area contributed by atoms with Gasteiger partial charge in [-0.05, 0) is 126 Å². The molecular weight excluding hydrogens is 815 g/mol. The maximum Gasteiger partial charge on any atom is 0.179 e. The van der Waals surface area contributed by atoms with E-state index >= 15 is 0 Å². The van der Waals surface area contributed by atoms with Crippen LogP contribution in [0.3, 0.4) is 0 Å². The Hall–Kier alpha value is -7.98. The van der Waals surface area contributed by atoms with Gasteiger partial charge in [-0.25, -0.2) is 0 Å². The average Bonchev–Trinajstić information content (AvgIpc) is 3.87. The van der Waals surface area contributed by atoms with E-state index < -0.39 is 8.07 Å². The van der Waals surface area contributed by atoms with E-state index in [0.29, 0.717) is 0 Å². The smallest absolute Gasteiger partial charge is 0.179 e. The lowest BCUT2D eigenvalue weighted by molar-refractivity contribution is 0.660. The van der Waals surface area contributed by atoms with E-state index in [1.807, 2.05) is 12.1 Å². The first kappa shape index (κ1) is 39.6. The second-order valence-corrected chi connectivity index (χ2v) is 21.9. The molecule has 3 heteroatoms. The molecule has 0 spiro atoms. The Labute approximate surface area is 387 Å². The van der Waals surface area contributed by atoms with Crippen LogP contribution in [0.1, 0.15) is 25.0 Å². The van der Waals surface area contributed by atoms with Crippen molar-refractivity contribution in [3.63, 3.8) is 0 Å². The molecule has 0 saturated carbocycles. The number of rotatable bonds is 9. The van der Waals surface area contributed by atoms with Crippen LogP contribution in [-0.4, -0.2) is 8.07 Å². The minimum atomic E-state index is -2.70. The average molecular weight is 862 g/mol. The van der Waals surface area contributed by atoms with Crippen LogP contribution in [0.2, 0.25) is 0 Å². The first-order chi connectivity index (χ1) is 32.5. The molecule has 1 aliphatic carbocycles. The van der Waals surface area contributed by atoms with Crippen molar-refractivity contribution in [2.75, 3.05) is 4.90 Å². The number of anilines is 3. The van der Waals surface area contributed by atoms with Gasteiger partial charge in [-0.3, -0.25) is 0 Å². The number of fused-ring (bicyclic) bond motifs is 6. The molecule has 0 radical (unpaired) electrons. The van der Waals surface area contributed by atoms with E-state index in [4.69, 9.17) is 4.42 Å². The summed E-state index contributed by atoms with van der Waals surface area (Å²) >= 11 is 0. The Bertz CT molecular complexity index is 3420. The second kappa shape index (κ2) is 15.9. The molecule has 314 valence electrons. The number of para-hydroxylation sites is 1. The number of hydrogen-bond donors (Lipinski definition) is 0. The maximum absolute atomic E-state index is 6.29. The zero-order chi connectivity index (χ0) is 44.2. The van der Waals surface area contributed by atoms with Gasteiger partial charge in [0.25, 0.3) is 0 Å². The molecule has 11 aromatic rings. The maximum atomic E-state index is 6.29. The normalized spacial score (nSPS) is 12.8. The van der Waals surface area contributed by atoms with Gasteiger partial charge in [0, 0.05) is 33.2 Å². The van der Waals surface area contributed by atoms with Gasteiger partial charge < -0.3 is 9.32 Å². The molecule has 12 rings (SSSR count). The van der Waals surface area contributed by atoms with Gasteiger partial charge in [-0.15, -0.1) is 0 Å². The Kier molecular flexibility index (Phi) is 9.55. The minimum Gasteiger partial charge on any atom is -0.456 e. The predicted molar refractivity (Wildman–Crippen MR) is 280 cm³/mol. The lowest BCUT2D eigenvalue weighted by Crippen LogP contribution is -2.74. The van der Waals surface area contributed by atoms with Crippen LogP contribution in [-0.2, 0) is 5.41 Å². The molecule has 10 aromatic carbocycles. The van der Waals surface area contributed by atoms with Crippen molar-refractivity contribution in [1.29, 1.82) is 0 Å². The zero-order valence-corrected chi connectivity index (χ0v) is 38.0. The Morgan fingerprint density at radius 3 is 1.35 bits per heavy atom. The molecule has 0 unspecified atom stereocenters. The van der Waals surface area contributed by atoms with Crippen LogP contribution in [0.25, 0.3) is 55.3 Å². The Balaban J connectivity index is 0.960. The monoisotopic (exact) mass is 861 g/mol. The van der Waals surface area contributed by atoms with Gasteiger partial charge in [0.05, 0.1) is 0 Å². The summed E-state index contributed by atoms with van der Waals surface area (Å²) in [5.41, 5.74) is 15.2. The van der Waals surface area contributed by atoms with Crippen LogP contribution < -0.4 is 25.6 Å². The molecule has 2 nitrogen and oxygen atoms in total. The van der Waals surface area contributed by atoms with E-state index in [0.717, 1.165) is 50.1 Å². The van der Waals surface area contributed by atoms with Crippen LogP contribution in [0.15, 0.2) is 253 Å². The van der Waals surface area contributed by atoms with E-state index in [1.165, 1.54) is 54.1 Å². The first-order valence-corrected chi connectivity index (χ1v) is 24.9. The van der Waals surface area contributed by atoms with Crippen LogP contribution >= 0.6 is 0 Å². The third-order valence-corrected chi connectivity index (χ3v) is 18.9. The summed E-state index contributed by atoms with van der Waals surface area (Å²) in [7, 11) is -2.70. The lowest BCUT2D eigenvalue weighted by Gasteiger charge is -2.35. The number of hydrogen-bond acceptors (Lipinski definition) is 2. The molecule has 1 aromatic heterocycles. The molecule has 0 saturated heterocycles. The lowest BCUT2D eigenvalue weighted by atomic mass is 9.81. The molecule has 1 aliphatic rings. The Morgan fingerprint density at radius 1 is 0.333 bits per heavy atom. The van der Waals surface area contributed by atoms with Crippen molar-refractivity contribution in [2.24, 2.45) is 0 Å². The SMILES string of the molecule is CC1(C)c2ccccc2-c2ccc(-c3ccc(N(c4ccc(-c5ccc6c(c5)oc5ccccc56)cc4)c4ccc([Si](c5ccccc5)(c5ccccc5)c5ccccc5)cc4)cc3)cc21. The molecule has 0 N–H and O–H groups in total. The van der Waals surface area contributed by atoms with Crippen molar-refractivity contribution in [3.8, 4) is 33.4 Å². The van der Waals surface area contributed by atoms with Gasteiger partial charge in [-0.1, -0.05) is 202 Å². The topological polar surface area (TPSA) is 16.4 Å². The summed E-state index contributed by atoms with van der Waals surface area (Å²) in [6.45, 7) is 4.70. The quantitative estimate of drug-likeness (QED) is 0.106. The molecule has 0 bridgehead atoms. The third-order valence-electron chi connectivity index (χ3n) is 14.1. The summed E-state index contributed by atoms with van der Waals surface area (Å²) in [4.78, 5) is 2.39. The standard InChI is InChI=1S/C63H47NOSi/c1-63(2)59-24-14-12-22-55(59)56-40-30-46(42-60(56)63)44-26-32-48(33-27-44)64(49-34-28-45(29-35-49)47-31-41-58-57-23-13-15-25-61(57)65-62(58)43-47)50-36-38-54(39-37-50)66(51-16-6-3-7-17-51,52-18-8-4-9-19-52)53-20-10-5-11-21-53/h3-43H,1-2H3. The molecule has 0 fully saturated rings. The van der Waals surface area contributed by atoms with Gasteiger partial charge in [0.1, 0.15) is 11.2 Å². The first-order valence-electron chi connectivity index (χ1n) is 22.9.